The SMILES string of the molecule is [c]1c2ccccc2c2c3cccc4cccc(c5cc6ccccc6c1c52)c43. The highest BCUT2D eigenvalue weighted by Gasteiger charge is 2.17. The molecular weight excluding hydrogens is 336 g/mol. The van der Waals surface area contributed by atoms with Crippen molar-refractivity contribution in [2.24, 2.45) is 0 Å². The van der Waals surface area contributed by atoms with Gasteiger partial charge in [-0.1, -0.05) is 84.9 Å². The number of rotatable bonds is 0. The Kier molecular flexibility index (Phi) is 2.57. The van der Waals surface area contributed by atoms with E-state index in [0.29, 0.717) is 0 Å². The molecule has 0 aliphatic carbocycles. The van der Waals surface area contributed by atoms with Gasteiger partial charge < -0.3 is 0 Å². The van der Waals surface area contributed by atoms with Gasteiger partial charge in [0.1, 0.15) is 0 Å². The molecule has 0 saturated carbocycles. The molecule has 0 nitrogen and oxygen atoms in total. The largest absolute Gasteiger partial charge is 0.0616 e. The summed E-state index contributed by atoms with van der Waals surface area (Å²) in [5.74, 6) is 0. The molecule has 0 spiro atoms. The summed E-state index contributed by atoms with van der Waals surface area (Å²) in [6.45, 7) is 0. The molecule has 0 heteroatoms. The Hall–Kier alpha value is -3.64. The summed E-state index contributed by atoms with van der Waals surface area (Å²) in [6.07, 6.45) is 0. The standard InChI is InChI=1S/C28H15/c1-3-11-20-18(7-1)15-25-22-13-5-9-17-10-6-14-23(26(17)22)27-21-12-4-2-8-19(21)16-24(20)28(25)27/h1-15H. The molecule has 0 fully saturated rings. The third-order valence-electron chi connectivity index (χ3n) is 6.22. The maximum atomic E-state index is 3.76. The molecule has 0 unspecified atom stereocenters. The minimum absolute atomic E-state index is 1.18. The van der Waals surface area contributed by atoms with Gasteiger partial charge in [-0.2, -0.15) is 0 Å². The molecule has 0 saturated heterocycles. The molecule has 1 radical (unpaired) electrons. The molecule has 7 aromatic rings. The van der Waals surface area contributed by atoms with Crippen LogP contribution in [-0.4, -0.2) is 0 Å². The molecule has 0 aliphatic heterocycles. The van der Waals surface area contributed by atoms with Crippen LogP contribution in [0, 0.1) is 6.07 Å². The number of hydrogen-bond donors (Lipinski definition) is 0. The lowest BCUT2D eigenvalue weighted by atomic mass is 9.85. The zero-order chi connectivity index (χ0) is 18.2. The molecule has 0 N–H and O–H groups in total. The van der Waals surface area contributed by atoms with Gasteiger partial charge in [0.25, 0.3) is 0 Å². The van der Waals surface area contributed by atoms with E-state index in [1.165, 1.54) is 64.6 Å². The summed E-state index contributed by atoms with van der Waals surface area (Å²) in [5.41, 5.74) is 0. The second-order valence-corrected chi connectivity index (χ2v) is 7.65. The molecule has 28 heavy (non-hydrogen) atoms. The zero-order valence-corrected chi connectivity index (χ0v) is 15.2. The highest BCUT2D eigenvalue weighted by atomic mass is 14.2. The van der Waals surface area contributed by atoms with Crippen LogP contribution in [-0.2, 0) is 0 Å². The molecule has 0 aliphatic rings. The average molecular weight is 351 g/mol. The van der Waals surface area contributed by atoms with Crippen molar-refractivity contribution in [1.82, 2.24) is 0 Å². The summed E-state index contributed by atoms with van der Waals surface area (Å²) in [4.78, 5) is 0. The second-order valence-electron chi connectivity index (χ2n) is 7.65. The lowest BCUT2D eigenvalue weighted by Gasteiger charge is -2.17. The minimum atomic E-state index is 1.18. The quantitative estimate of drug-likeness (QED) is 0.193. The van der Waals surface area contributed by atoms with Crippen LogP contribution in [0.2, 0.25) is 0 Å². The topological polar surface area (TPSA) is 0 Å². The molecule has 127 valence electrons. The smallest absolute Gasteiger partial charge is 0.000718 e. The van der Waals surface area contributed by atoms with E-state index in [4.69, 9.17) is 0 Å². The van der Waals surface area contributed by atoms with E-state index >= 15 is 0 Å². The lowest BCUT2D eigenvalue weighted by Crippen LogP contribution is -1.90. The van der Waals surface area contributed by atoms with Gasteiger partial charge in [-0.05, 0) is 76.8 Å². The summed E-state index contributed by atoms with van der Waals surface area (Å²) < 4.78 is 0. The zero-order valence-electron chi connectivity index (χ0n) is 15.2. The van der Waals surface area contributed by atoms with Crippen molar-refractivity contribution >= 4 is 64.6 Å². The first-order chi connectivity index (χ1) is 13.9. The van der Waals surface area contributed by atoms with Crippen molar-refractivity contribution in [2.45, 2.75) is 0 Å². The normalized spacial score (nSPS) is 12.3. The molecule has 0 heterocycles. The maximum Gasteiger partial charge on any atom is -0.000718 e. The number of fused-ring (bicyclic) bond motifs is 6. The van der Waals surface area contributed by atoms with Gasteiger partial charge in [-0.25, -0.2) is 0 Å². The van der Waals surface area contributed by atoms with Crippen LogP contribution >= 0.6 is 0 Å². The molecule has 0 atom stereocenters. The first-order valence-electron chi connectivity index (χ1n) is 9.72. The summed E-state index contributed by atoms with van der Waals surface area (Å²) in [6, 6.07) is 36.9. The predicted molar refractivity (Wildman–Crippen MR) is 122 cm³/mol. The van der Waals surface area contributed by atoms with Crippen LogP contribution in [0.1, 0.15) is 0 Å². The van der Waals surface area contributed by atoms with Crippen molar-refractivity contribution in [3.63, 3.8) is 0 Å². The molecule has 7 aromatic carbocycles. The summed E-state index contributed by atoms with van der Waals surface area (Å²) in [7, 11) is 0. The van der Waals surface area contributed by atoms with E-state index in [9.17, 15) is 0 Å². The Bertz CT molecular complexity index is 1700. The van der Waals surface area contributed by atoms with Gasteiger partial charge in [0, 0.05) is 0 Å². The van der Waals surface area contributed by atoms with Crippen molar-refractivity contribution in [1.29, 1.82) is 0 Å². The first kappa shape index (κ1) is 14.4. The highest BCUT2D eigenvalue weighted by Crippen LogP contribution is 2.45. The highest BCUT2D eigenvalue weighted by molar-refractivity contribution is 6.40. The molecule has 0 bridgehead atoms. The second kappa shape index (κ2) is 4.99. The van der Waals surface area contributed by atoms with Gasteiger partial charge >= 0.3 is 0 Å². The molecule has 0 amide bonds. The van der Waals surface area contributed by atoms with E-state index in [1.807, 2.05) is 0 Å². The van der Waals surface area contributed by atoms with E-state index < -0.39 is 0 Å². The maximum absolute atomic E-state index is 3.76. The van der Waals surface area contributed by atoms with E-state index in [-0.39, 0.29) is 0 Å². The fourth-order valence-corrected chi connectivity index (χ4v) is 5.08. The van der Waals surface area contributed by atoms with Crippen LogP contribution in [0.4, 0.5) is 0 Å². The van der Waals surface area contributed by atoms with Gasteiger partial charge in [0.2, 0.25) is 0 Å². The summed E-state index contributed by atoms with van der Waals surface area (Å²) in [5, 5.41) is 15.6. The van der Waals surface area contributed by atoms with Crippen LogP contribution in [0.25, 0.3) is 64.6 Å². The van der Waals surface area contributed by atoms with Crippen molar-refractivity contribution in [3.05, 3.63) is 97.1 Å². The van der Waals surface area contributed by atoms with E-state index in [0.717, 1.165) is 0 Å². The fourth-order valence-electron chi connectivity index (χ4n) is 5.08. The number of benzene rings is 7. The third kappa shape index (κ3) is 1.66. The van der Waals surface area contributed by atoms with Crippen molar-refractivity contribution < 1.29 is 0 Å². The molecule has 7 rings (SSSR count). The molecular formula is C28H15. The Morgan fingerprint density at radius 1 is 0.429 bits per heavy atom. The first-order valence-corrected chi connectivity index (χ1v) is 9.72. The lowest BCUT2D eigenvalue weighted by molar-refractivity contribution is 1.78. The third-order valence-corrected chi connectivity index (χ3v) is 6.22. The Morgan fingerprint density at radius 2 is 1.11 bits per heavy atom. The minimum Gasteiger partial charge on any atom is -0.0616 e. The fraction of sp³-hybridized carbons (Fsp3) is 0. The Morgan fingerprint density at radius 3 is 2.00 bits per heavy atom. The van der Waals surface area contributed by atoms with E-state index in [2.05, 4.69) is 97.1 Å². The van der Waals surface area contributed by atoms with Crippen molar-refractivity contribution in [2.75, 3.05) is 0 Å². The van der Waals surface area contributed by atoms with Gasteiger partial charge in [-0.15, -0.1) is 0 Å². The van der Waals surface area contributed by atoms with E-state index in [1.54, 1.807) is 0 Å². The van der Waals surface area contributed by atoms with Crippen LogP contribution in [0.5, 0.6) is 0 Å². The average Bonchev–Trinajstić information content (AvgIpc) is 2.76. The van der Waals surface area contributed by atoms with Crippen molar-refractivity contribution in [3.8, 4) is 0 Å². The van der Waals surface area contributed by atoms with Gasteiger partial charge in [0.05, 0.1) is 0 Å². The van der Waals surface area contributed by atoms with Crippen LogP contribution in [0.3, 0.4) is 0 Å². The predicted octanol–water partition coefficient (Wildman–Crippen LogP) is 7.84. The van der Waals surface area contributed by atoms with Crippen LogP contribution < -0.4 is 0 Å². The monoisotopic (exact) mass is 351 g/mol. The molecule has 0 aromatic heterocycles. The van der Waals surface area contributed by atoms with Crippen LogP contribution in [0.15, 0.2) is 91.0 Å². The Labute approximate surface area is 162 Å². The van der Waals surface area contributed by atoms with Gasteiger partial charge in [-0.3, -0.25) is 0 Å². The number of hydrogen-bond acceptors (Lipinski definition) is 0. The summed E-state index contributed by atoms with van der Waals surface area (Å²) >= 11 is 0. The Balaban J connectivity index is 1.99. The van der Waals surface area contributed by atoms with Gasteiger partial charge in [0.15, 0.2) is 0 Å².